The van der Waals surface area contributed by atoms with Gasteiger partial charge in [0, 0.05) is 11.5 Å². The monoisotopic (exact) mass is 303 g/mol. The zero-order valence-corrected chi connectivity index (χ0v) is 13.4. The van der Waals surface area contributed by atoms with E-state index in [1.165, 1.54) is 10.7 Å². The number of rotatable bonds is 2. The van der Waals surface area contributed by atoms with Crippen LogP contribution < -0.4 is 9.93 Å². The first-order valence-corrected chi connectivity index (χ1v) is 8.10. The summed E-state index contributed by atoms with van der Waals surface area (Å²) in [7, 11) is 0. The molecule has 1 heterocycles. The molecule has 3 nitrogen and oxygen atoms in total. The van der Waals surface area contributed by atoms with Crippen molar-refractivity contribution in [1.29, 1.82) is 0 Å². The third-order valence-electron chi connectivity index (χ3n) is 4.39. The molecule has 0 unspecified atom stereocenters. The van der Waals surface area contributed by atoms with Gasteiger partial charge < -0.3 is 4.42 Å². The van der Waals surface area contributed by atoms with Crippen LogP contribution in [-0.4, -0.2) is 18.1 Å². The maximum Gasteiger partial charge on any atom is 0.203 e. The molecule has 1 aliphatic heterocycles. The van der Waals surface area contributed by atoms with Crippen molar-refractivity contribution in [3.05, 3.63) is 60.0 Å². The molecule has 0 fully saturated rings. The highest BCUT2D eigenvalue weighted by molar-refractivity contribution is 6.03. The minimum atomic E-state index is 0.827. The normalized spacial score (nSPS) is 11.4. The first-order chi connectivity index (χ1) is 11.3. The second-order valence-electron chi connectivity index (χ2n) is 5.67. The SMILES string of the molecule is CC[N+](CC)=c1ccc2nc3c(ccc4ccccc43)oc-2c1. The van der Waals surface area contributed by atoms with Gasteiger partial charge in [0.25, 0.3) is 0 Å². The van der Waals surface area contributed by atoms with Crippen LogP contribution in [0.2, 0.25) is 0 Å². The van der Waals surface area contributed by atoms with Crippen LogP contribution >= 0.6 is 0 Å². The van der Waals surface area contributed by atoms with Gasteiger partial charge in [-0.3, -0.25) is 0 Å². The van der Waals surface area contributed by atoms with Crippen molar-refractivity contribution in [3.8, 4) is 11.5 Å². The average molecular weight is 303 g/mol. The lowest BCUT2D eigenvalue weighted by atomic mass is 10.1. The third-order valence-corrected chi connectivity index (χ3v) is 4.39. The van der Waals surface area contributed by atoms with Gasteiger partial charge in [-0.05, 0) is 31.4 Å². The molecule has 0 spiro atoms. The van der Waals surface area contributed by atoms with Gasteiger partial charge in [0.1, 0.15) is 24.3 Å². The van der Waals surface area contributed by atoms with Gasteiger partial charge in [-0.2, -0.15) is 0 Å². The molecule has 2 aromatic carbocycles. The molecule has 0 saturated carbocycles. The van der Waals surface area contributed by atoms with Crippen molar-refractivity contribution in [1.82, 2.24) is 9.56 Å². The smallest absolute Gasteiger partial charge is 0.203 e. The van der Waals surface area contributed by atoms with E-state index < -0.39 is 0 Å². The number of aromatic nitrogens is 1. The van der Waals surface area contributed by atoms with E-state index >= 15 is 0 Å². The minimum Gasteiger partial charge on any atom is -0.453 e. The standard InChI is InChI=1S/C20H19N2O/c1-3-22(4-2)15-10-11-17-19(13-15)23-18-12-9-14-7-5-6-8-16(14)20(18)21-17/h5-13H,3-4H2,1-2H3/q+1. The van der Waals surface area contributed by atoms with Gasteiger partial charge in [-0.25, -0.2) is 9.56 Å². The summed E-state index contributed by atoms with van der Waals surface area (Å²) in [6, 6.07) is 18.6. The molecule has 0 atom stereocenters. The zero-order chi connectivity index (χ0) is 15.8. The van der Waals surface area contributed by atoms with Crippen molar-refractivity contribution in [2.45, 2.75) is 13.8 Å². The molecule has 2 aliphatic rings. The molecule has 23 heavy (non-hydrogen) atoms. The molecule has 0 amide bonds. The minimum absolute atomic E-state index is 0.827. The molecule has 0 radical (unpaired) electrons. The molecule has 0 saturated heterocycles. The summed E-state index contributed by atoms with van der Waals surface area (Å²) in [6.45, 7) is 6.28. The Hall–Kier alpha value is -2.68. The van der Waals surface area contributed by atoms with E-state index in [1.54, 1.807) is 0 Å². The van der Waals surface area contributed by atoms with Gasteiger partial charge in [0.15, 0.2) is 11.3 Å². The van der Waals surface area contributed by atoms with E-state index in [0.717, 1.165) is 41.0 Å². The number of nitrogens with zero attached hydrogens (tertiary/aromatic N) is 2. The van der Waals surface area contributed by atoms with E-state index in [2.05, 4.69) is 48.8 Å². The van der Waals surface area contributed by atoms with Gasteiger partial charge in [-0.15, -0.1) is 0 Å². The second-order valence-corrected chi connectivity index (χ2v) is 5.67. The summed E-state index contributed by atoms with van der Waals surface area (Å²) in [5.74, 6) is 0.831. The average Bonchev–Trinajstić information content (AvgIpc) is 2.61. The van der Waals surface area contributed by atoms with Crippen LogP contribution in [0.3, 0.4) is 0 Å². The molecule has 1 aliphatic carbocycles. The molecule has 4 rings (SSSR count). The molecule has 0 N–H and O–H groups in total. The summed E-state index contributed by atoms with van der Waals surface area (Å²) in [4.78, 5) is 4.85. The number of hydrogen-bond acceptors (Lipinski definition) is 2. The van der Waals surface area contributed by atoms with Crippen LogP contribution in [0.25, 0.3) is 33.3 Å². The lowest BCUT2D eigenvalue weighted by molar-refractivity contribution is 0.600. The Morgan fingerprint density at radius 2 is 1.78 bits per heavy atom. The van der Waals surface area contributed by atoms with Crippen LogP contribution in [0.5, 0.6) is 0 Å². The van der Waals surface area contributed by atoms with Gasteiger partial charge in [-0.1, -0.05) is 30.3 Å². The fourth-order valence-corrected chi connectivity index (χ4v) is 3.13. The van der Waals surface area contributed by atoms with Crippen LogP contribution in [0, 0.1) is 0 Å². The molecule has 0 bridgehead atoms. The maximum absolute atomic E-state index is 6.14. The number of hydrogen-bond donors (Lipinski definition) is 0. The van der Waals surface area contributed by atoms with E-state index in [4.69, 9.17) is 9.40 Å². The van der Waals surface area contributed by atoms with Crippen LogP contribution in [0.1, 0.15) is 13.8 Å². The van der Waals surface area contributed by atoms with Crippen LogP contribution in [0.4, 0.5) is 0 Å². The first-order valence-electron chi connectivity index (χ1n) is 8.10. The van der Waals surface area contributed by atoms with Gasteiger partial charge in [0.2, 0.25) is 5.36 Å². The van der Waals surface area contributed by atoms with E-state index in [-0.39, 0.29) is 0 Å². The first kappa shape index (κ1) is 13.9. The Bertz CT molecular complexity index is 1040. The zero-order valence-electron chi connectivity index (χ0n) is 13.4. The van der Waals surface area contributed by atoms with Gasteiger partial charge in [0.05, 0.1) is 6.07 Å². The van der Waals surface area contributed by atoms with Crippen molar-refractivity contribution < 1.29 is 4.42 Å². The van der Waals surface area contributed by atoms with Crippen LogP contribution in [0.15, 0.2) is 59.0 Å². The lowest BCUT2D eigenvalue weighted by Crippen LogP contribution is -2.29. The molecule has 2 aromatic rings. The van der Waals surface area contributed by atoms with Crippen molar-refractivity contribution in [2.24, 2.45) is 0 Å². The Kier molecular flexibility index (Phi) is 3.34. The predicted octanol–water partition coefficient (Wildman–Crippen LogP) is 3.90. The summed E-state index contributed by atoms with van der Waals surface area (Å²) in [6.07, 6.45) is 0. The van der Waals surface area contributed by atoms with Gasteiger partial charge >= 0.3 is 0 Å². The number of benzene rings is 3. The van der Waals surface area contributed by atoms with Crippen LogP contribution in [-0.2, 0) is 0 Å². The Labute approximate surface area is 134 Å². The molecule has 0 aromatic heterocycles. The fraction of sp³-hybridized carbons (Fsp3) is 0.200. The van der Waals surface area contributed by atoms with Crippen molar-refractivity contribution in [3.63, 3.8) is 0 Å². The molecular formula is C20H19N2O+. The van der Waals surface area contributed by atoms with Crippen molar-refractivity contribution >= 4 is 21.9 Å². The molecule has 3 heteroatoms. The summed E-state index contributed by atoms with van der Waals surface area (Å²) >= 11 is 0. The maximum atomic E-state index is 6.14. The molecule has 114 valence electrons. The quantitative estimate of drug-likeness (QED) is 0.319. The summed E-state index contributed by atoms with van der Waals surface area (Å²) in [5.41, 5.74) is 2.64. The van der Waals surface area contributed by atoms with E-state index in [9.17, 15) is 0 Å². The second kappa shape index (κ2) is 5.51. The lowest BCUT2D eigenvalue weighted by Gasteiger charge is -2.08. The third kappa shape index (κ3) is 2.29. The van der Waals surface area contributed by atoms with E-state index in [0.29, 0.717) is 0 Å². The van der Waals surface area contributed by atoms with Crippen molar-refractivity contribution in [2.75, 3.05) is 13.1 Å². The highest BCUT2D eigenvalue weighted by Crippen LogP contribution is 2.28. The summed E-state index contributed by atoms with van der Waals surface area (Å²) in [5, 5.41) is 3.48. The Balaban J connectivity index is 2.07. The topological polar surface area (TPSA) is 29.0 Å². The largest absolute Gasteiger partial charge is 0.453 e. The molecular weight excluding hydrogens is 284 g/mol. The highest BCUT2D eigenvalue weighted by atomic mass is 16.3. The highest BCUT2D eigenvalue weighted by Gasteiger charge is 2.12. The Morgan fingerprint density at radius 1 is 0.957 bits per heavy atom. The number of fused-ring (bicyclic) bond motifs is 4. The Morgan fingerprint density at radius 3 is 2.61 bits per heavy atom. The fourth-order valence-electron chi connectivity index (χ4n) is 3.13. The summed E-state index contributed by atoms with van der Waals surface area (Å²) < 4.78 is 8.45. The van der Waals surface area contributed by atoms with E-state index in [1.807, 2.05) is 24.3 Å². The predicted molar refractivity (Wildman–Crippen MR) is 94.5 cm³/mol.